The van der Waals surface area contributed by atoms with E-state index >= 15 is 0 Å². The van der Waals surface area contributed by atoms with Crippen LogP contribution in [0.1, 0.15) is 95.6 Å². The highest BCUT2D eigenvalue weighted by molar-refractivity contribution is 9.10. The number of nitrogens with zero attached hydrogens (tertiary/aromatic N) is 8. The van der Waals surface area contributed by atoms with Crippen molar-refractivity contribution in [3.63, 3.8) is 0 Å². The molecule has 2 aliphatic rings. The third-order valence-corrected chi connectivity index (χ3v) is 12.8. The van der Waals surface area contributed by atoms with E-state index < -0.39 is 5.54 Å². The van der Waals surface area contributed by atoms with E-state index in [2.05, 4.69) is 68.6 Å². The Bertz CT molecular complexity index is 3270. The molecule has 0 atom stereocenters. The number of rotatable bonds is 11. The molecule has 0 unspecified atom stereocenters. The molecule has 6 aromatic heterocycles. The number of hydrogen-bond acceptors (Lipinski definition) is 12. The number of carbonyl (C=O) groups is 4. The maximum absolute atomic E-state index is 13.0. The fraction of sp³-hybridized carbons (Fsp3) is 0.180. The number of halogens is 1. The second kappa shape index (κ2) is 33.1. The molecular formula is C61H58BBrN10O6. The van der Waals surface area contributed by atoms with Gasteiger partial charge in [0.2, 0.25) is 5.91 Å². The van der Waals surface area contributed by atoms with E-state index in [4.69, 9.17) is 13.1 Å². The van der Waals surface area contributed by atoms with Crippen LogP contribution in [0.2, 0.25) is 0 Å². The number of benzene rings is 2. The van der Waals surface area contributed by atoms with Crippen LogP contribution in [0.15, 0.2) is 199 Å². The van der Waals surface area contributed by atoms with Crippen LogP contribution in [0.3, 0.4) is 0 Å². The van der Waals surface area contributed by atoms with Gasteiger partial charge in [0.25, 0.3) is 5.91 Å². The molecule has 0 spiro atoms. The van der Waals surface area contributed by atoms with Crippen molar-refractivity contribution < 1.29 is 30.1 Å². The Morgan fingerprint density at radius 3 is 1.42 bits per heavy atom. The van der Waals surface area contributed by atoms with E-state index in [1.54, 1.807) is 91.8 Å². The summed E-state index contributed by atoms with van der Waals surface area (Å²) in [5.41, 5.74) is 7.09. The lowest BCUT2D eigenvalue weighted by molar-refractivity contribution is -0.122. The van der Waals surface area contributed by atoms with E-state index in [0.29, 0.717) is 33.4 Å². The first-order chi connectivity index (χ1) is 37.6. The lowest BCUT2D eigenvalue weighted by Crippen LogP contribution is -2.44. The predicted octanol–water partition coefficient (Wildman–Crippen LogP) is 8.96. The molecule has 2 aliphatic carbocycles. The quantitative estimate of drug-likeness (QED) is 0.0404. The van der Waals surface area contributed by atoms with Crippen molar-refractivity contribution in [2.75, 3.05) is 0 Å². The molecule has 2 radical (unpaired) electrons. The minimum atomic E-state index is -0.417. The van der Waals surface area contributed by atoms with Crippen LogP contribution >= 0.6 is 15.9 Å². The van der Waals surface area contributed by atoms with Gasteiger partial charge in [-0.25, -0.2) is 15.0 Å². The van der Waals surface area contributed by atoms with Crippen molar-refractivity contribution in [1.82, 2.24) is 40.5 Å². The molecule has 79 heavy (non-hydrogen) atoms. The lowest BCUT2D eigenvalue weighted by Gasteiger charge is -2.31. The Morgan fingerprint density at radius 1 is 0.557 bits per heavy atom. The van der Waals surface area contributed by atoms with Crippen molar-refractivity contribution in [1.29, 1.82) is 10.5 Å². The second-order valence-electron chi connectivity index (χ2n) is 17.6. The summed E-state index contributed by atoms with van der Waals surface area (Å²) in [4.78, 5) is 69.7. The zero-order valence-electron chi connectivity index (χ0n) is 43.2. The highest BCUT2D eigenvalue weighted by Gasteiger charge is 2.38. The normalized spacial score (nSPS) is 13.1. The summed E-state index contributed by atoms with van der Waals surface area (Å²) in [7, 11) is 5.30. The Labute approximate surface area is 469 Å². The van der Waals surface area contributed by atoms with Gasteiger partial charge in [-0.05, 0) is 126 Å². The molecular weight excluding hydrogens is 1060 g/mol. The Hall–Kier alpha value is -9.20. The fourth-order valence-corrected chi connectivity index (χ4v) is 9.03. The van der Waals surface area contributed by atoms with Gasteiger partial charge < -0.3 is 21.6 Å². The van der Waals surface area contributed by atoms with Crippen molar-refractivity contribution in [2.24, 2.45) is 0 Å². The van der Waals surface area contributed by atoms with Gasteiger partial charge in [-0.2, -0.15) is 10.5 Å². The number of nitrogens with one attached hydrogen (secondary N) is 2. The van der Waals surface area contributed by atoms with E-state index in [1.807, 2.05) is 103 Å². The topological polar surface area (TPSA) is 280 Å². The van der Waals surface area contributed by atoms with Crippen molar-refractivity contribution in [3.8, 4) is 34.7 Å². The molecule has 6 N–H and O–H groups in total. The minimum Gasteiger partial charge on any atom is -0.412 e. The van der Waals surface area contributed by atoms with E-state index in [9.17, 15) is 24.4 Å². The van der Waals surface area contributed by atoms with Crippen LogP contribution in [0.25, 0.3) is 28.6 Å². The minimum absolute atomic E-state index is 0. The zero-order chi connectivity index (χ0) is 54.6. The van der Waals surface area contributed by atoms with Gasteiger partial charge in [-0.15, -0.1) is 0 Å². The SMILES string of the molecule is N#C/C(=C\c1cccc(-c2cccnc2)n1)C(=O)NC1(c2ccccc2)CCCC1.N#CCC(=O)NC1(c2ccccc2)CCCC1.O.O.O=Cc1cccc(-c2cccnc2)n1.O=Cc1cccc(Br)n1.[B]c1cccnc1. The molecule has 0 aliphatic heterocycles. The Balaban J connectivity index is 0.000000233. The van der Waals surface area contributed by atoms with Gasteiger partial charge in [0, 0.05) is 48.3 Å². The van der Waals surface area contributed by atoms with E-state index in [0.717, 1.165) is 91.3 Å². The highest BCUT2D eigenvalue weighted by atomic mass is 79.9. The maximum Gasteiger partial charge on any atom is 0.262 e. The van der Waals surface area contributed by atoms with Gasteiger partial charge in [0.05, 0.1) is 34.2 Å². The summed E-state index contributed by atoms with van der Waals surface area (Å²) in [5.74, 6) is -0.532. The average molecular weight is 1120 g/mol. The summed E-state index contributed by atoms with van der Waals surface area (Å²) >= 11 is 3.13. The van der Waals surface area contributed by atoms with Gasteiger partial charge in [0.15, 0.2) is 12.6 Å². The molecule has 18 heteroatoms. The average Bonchev–Trinajstić information content (AvgIpc) is 4.21. The maximum atomic E-state index is 13.0. The van der Waals surface area contributed by atoms with Crippen LogP contribution in [0.5, 0.6) is 0 Å². The number of amides is 2. The lowest BCUT2D eigenvalue weighted by atomic mass is 9.88. The highest BCUT2D eigenvalue weighted by Crippen LogP contribution is 2.40. The van der Waals surface area contributed by atoms with Crippen LogP contribution in [0.4, 0.5) is 0 Å². The molecule has 8 aromatic rings. The number of aldehydes is 2. The molecule has 398 valence electrons. The third kappa shape index (κ3) is 19.4. The number of hydrogen-bond donors (Lipinski definition) is 2. The summed E-state index contributed by atoms with van der Waals surface area (Å²) in [5, 5.41) is 24.4. The summed E-state index contributed by atoms with van der Waals surface area (Å²) in [6.45, 7) is 0. The fourth-order valence-electron chi connectivity index (χ4n) is 8.67. The molecule has 2 saturated carbocycles. The predicted molar refractivity (Wildman–Crippen MR) is 308 cm³/mol. The van der Waals surface area contributed by atoms with Crippen LogP contribution in [-0.4, -0.2) is 73.1 Å². The second-order valence-corrected chi connectivity index (χ2v) is 18.4. The first-order valence-electron chi connectivity index (χ1n) is 24.8. The standard InChI is InChI=1S/C25H22N4O.C14H16N2O.C11H8N2O.C6H4BrNO.C5H4BN.2H2O/c26-17-20(16-22-11-6-12-23(28-22)19-8-7-15-27-18-19)24(30)29-25(13-4-5-14-25)21-9-2-1-3-10-21;15-11-8-13(17)16-14(9-4-5-10-14)12-6-2-1-3-7-12;14-8-10-4-1-5-11(13-10)9-3-2-6-12-7-9;7-6-3-1-2-5(4-9)8-6;6-5-2-1-3-7-4-5;;/h1-3,6-12,15-16,18H,4-5,13-14H2,(H,29,30);1-3,6-7H,4-5,8-10H2,(H,16,17);1-8H;1-4H;1-4H;2*1H2/b20-16+;;;;;;. The van der Waals surface area contributed by atoms with Gasteiger partial charge >= 0.3 is 0 Å². The van der Waals surface area contributed by atoms with Crippen molar-refractivity contribution in [2.45, 2.75) is 68.9 Å². The first-order valence-corrected chi connectivity index (χ1v) is 25.5. The number of pyridine rings is 6. The van der Waals surface area contributed by atoms with Crippen LogP contribution in [-0.2, 0) is 20.7 Å². The molecule has 2 fully saturated rings. The molecule has 2 amide bonds. The molecule has 0 bridgehead atoms. The summed E-state index contributed by atoms with van der Waals surface area (Å²) in [6.07, 6.45) is 21.1. The van der Waals surface area contributed by atoms with Crippen molar-refractivity contribution in [3.05, 3.63) is 227 Å². The summed E-state index contributed by atoms with van der Waals surface area (Å²) in [6, 6.07) is 51.2. The molecule has 0 saturated heterocycles. The molecule has 2 aromatic carbocycles. The largest absolute Gasteiger partial charge is 0.412 e. The molecule has 6 heterocycles. The number of nitriles is 2. The smallest absolute Gasteiger partial charge is 0.262 e. The molecule has 16 nitrogen and oxygen atoms in total. The van der Waals surface area contributed by atoms with Gasteiger partial charge in [-0.3, -0.25) is 34.1 Å². The van der Waals surface area contributed by atoms with Crippen LogP contribution in [0, 0.1) is 22.7 Å². The van der Waals surface area contributed by atoms with E-state index in [1.165, 1.54) is 0 Å². The van der Waals surface area contributed by atoms with Crippen molar-refractivity contribution >= 4 is 59.7 Å². The monoisotopic (exact) mass is 1120 g/mol. The molecule has 10 rings (SSSR count). The number of aromatic nitrogens is 6. The van der Waals surface area contributed by atoms with Crippen LogP contribution < -0.4 is 16.1 Å². The Morgan fingerprint density at radius 2 is 1.01 bits per heavy atom. The summed E-state index contributed by atoms with van der Waals surface area (Å²) < 4.78 is 0.687. The Kier molecular flexibility index (Phi) is 26.1. The van der Waals surface area contributed by atoms with Gasteiger partial charge in [-0.1, -0.05) is 116 Å². The number of carbonyl (C=O) groups excluding carboxylic acids is 4. The van der Waals surface area contributed by atoms with E-state index in [-0.39, 0.29) is 40.3 Å². The first kappa shape index (κ1) is 62.3. The third-order valence-electron chi connectivity index (χ3n) is 12.3. The van der Waals surface area contributed by atoms with Gasteiger partial charge in [0.1, 0.15) is 41.9 Å². The zero-order valence-corrected chi connectivity index (χ0v) is 44.7.